The van der Waals surface area contributed by atoms with Crippen molar-refractivity contribution in [2.24, 2.45) is 10.6 Å². The summed E-state index contributed by atoms with van der Waals surface area (Å²) in [6, 6.07) is 0. The van der Waals surface area contributed by atoms with E-state index in [0.717, 1.165) is 0 Å². The van der Waals surface area contributed by atoms with E-state index >= 15 is 0 Å². The summed E-state index contributed by atoms with van der Waals surface area (Å²) in [4.78, 5) is 21.0. The average molecular weight is 400 g/mol. The van der Waals surface area contributed by atoms with Crippen LogP contribution in [0.5, 0.6) is 0 Å². The molecule has 7 N–H and O–H groups in total. The molecule has 9 heteroatoms. The first-order valence-electron chi connectivity index (χ1n) is 3.19. The third-order valence-corrected chi connectivity index (χ3v) is 1.97. The summed E-state index contributed by atoms with van der Waals surface area (Å²) in [5.41, 5.74) is -1.55. The molecule has 0 saturated heterocycles. The second kappa shape index (κ2) is 6.49. The van der Waals surface area contributed by atoms with Gasteiger partial charge in [-0.15, -0.1) is 0 Å². The van der Waals surface area contributed by atoms with Crippen LogP contribution < -0.4 is 0 Å². The number of aliphatic carboxylic acids is 2. The molecular weight excluding hydrogens is 389 g/mol. The van der Waals surface area contributed by atoms with Gasteiger partial charge in [0, 0.05) is 12.8 Å². The topological polar surface area (TPSA) is 174 Å². The Balaban J connectivity index is -0.000000480. The van der Waals surface area contributed by atoms with E-state index in [9.17, 15) is 9.59 Å². The smallest absolute Gasteiger partial charge is 0.693 e. The maximum absolute atomic E-state index is 10.5. The second-order valence-electron chi connectivity index (χ2n) is 2.71. The monoisotopic (exact) mass is 400 g/mol. The third-order valence-electron chi connectivity index (χ3n) is 1.97. The zero-order valence-electron chi connectivity index (χ0n) is 7.49. The van der Waals surface area contributed by atoms with E-state index in [2.05, 4.69) is 5.16 Å². The van der Waals surface area contributed by atoms with Gasteiger partial charge >= 0.3 is 33.0 Å². The van der Waals surface area contributed by atoms with Crippen LogP contribution in [0.4, 0.5) is 0 Å². The van der Waals surface area contributed by atoms with Crippen LogP contribution in [0, 0.1) is 5.41 Å². The molecule has 0 aromatic heterocycles. The van der Waals surface area contributed by atoms with E-state index in [1.807, 2.05) is 0 Å². The molecule has 1 aliphatic carbocycles. The Morgan fingerprint density at radius 3 is 1.67 bits per heavy atom. The van der Waals surface area contributed by atoms with Crippen LogP contribution in [0.15, 0.2) is 5.16 Å². The summed E-state index contributed by atoms with van der Waals surface area (Å²) >= 11 is 0. The molecule has 0 amide bonds. The van der Waals surface area contributed by atoms with Crippen molar-refractivity contribution in [2.75, 3.05) is 0 Å². The Bertz CT molecular complexity index is 256. The van der Waals surface area contributed by atoms with Gasteiger partial charge in [0.05, 0.1) is 5.71 Å². The van der Waals surface area contributed by atoms with Gasteiger partial charge in [0.25, 0.3) is 0 Å². The fraction of sp³-hybridized carbons (Fsp3) is 0.500. The van der Waals surface area contributed by atoms with Gasteiger partial charge in [-0.3, -0.25) is 9.59 Å². The van der Waals surface area contributed by atoms with Crippen LogP contribution in [-0.2, 0) is 30.7 Å². The minimum Gasteiger partial charge on any atom is -0.693 e. The molecule has 0 heterocycles. The number of carbonyl (C=O) groups is 2. The Labute approximate surface area is 99.8 Å². The summed E-state index contributed by atoms with van der Waals surface area (Å²) in [7, 11) is 0. The van der Waals surface area contributed by atoms with Crippen LogP contribution in [0.25, 0.3) is 12.3 Å². The molecule has 0 aromatic rings. The summed E-state index contributed by atoms with van der Waals surface area (Å²) in [6.45, 7) is 0. The molecule has 1 aliphatic rings. The van der Waals surface area contributed by atoms with Crippen molar-refractivity contribution < 1.29 is 46.1 Å². The minimum atomic E-state index is -1.76. The van der Waals surface area contributed by atoms with E-state index in [4.69, 9.17) is 15.4 Å². The van der Waals surface area contributed by atoms with Crippen molar-refractivity contribution in [2.45, 2.75) is 12.8 Å². The molecular formula is C6H11N3O5Pt. The van der Waals surface area contributed by atoms with E-state index < -0.39 is 17.4 Å². The van der Waals surface area contributed by atoms with Crippen molar-refractivity contribution in [3.05, 3.63) is 12.3 Å². The number of hydrogen-bond acceptors (Lipinski definition) is 4. The quantitative estimate of drug-likeness (QED) is 0.358. The van der Waals surface area contributed by atoms with E-state index in [0.29, 0.717) is 0 Å². The summed E-state index contributed by atoms with van der Waals surface area (Å²) < 4.78 is 0. The van der Waals surface area contributed by atoms with Gasteiger partial charge in [-0.05, 0) is 0 Å². The SMILES string of the molecule is O=C(O)C1(C(=O)O)CC(=NO)C1.[NH2-].[NH2-].[Pt+2]. The maximum Gasteiger partial charge on any atom is 2.00 e. The van der Waals surface area contributed by atoms with Gasteiger partial charge in [-0.25, -0.2) is 0 Å². The van der Waals surface area contributed by atoms with Crippen LogP contribution >= 0.6 is 0 Å². The molecule has 0 radical (unpaired) electrons. The van der Waals surface area contributed by atoms with E-state index in [1.54, 1.807) is 0 Å². The van der Waals surface area contributed by atoms with Gasteiger partial charge in [-0.2, -0.15) is 0 Å². The maximum atomic E-state index is 10.5. The molecule has 8 nitrogen and oxygen atoms in total. The molecule has 0 spiro atoms. The fourth-order valence-corrected chi connectivity index (χ4v) is 1.11. The van der Waals surface area contributed by atoms with Crippen LogP contribution in [0.1, 0.15) is 12.8 Å². The Kier molecular flexibility index (Phi) is 8.47. The number of hydrogen-bond donors (Lipinski definition) is 3. The minimum absolute atomic E-state index is 0. The molecule has 0 atom stereocenters. The Hall–Kier alpha value is -0.982. The predicted octanol–water partition coefficient (Wildman–Crippen LogP) is 1.20. The number of oxime groups is 1. The molecule has 0 aliphatic heterocycles. The number of carboxylic acid groups (broad SMARTS) is 2. The predicted molar refractivity (Wildman–Crippen MR) is 46.7 cm³/mol. The van der Waals surface area contributed by atoms with Crippen LogP contribution in [0.2, 0.25) is 0 Å². The zero-order valence-corrected chi connectivity index (χ0v) is 9.76. The third kappa shape index (κ3) is 2.98. The van der Waals surface area contributed by atoms with Crippen LogP contribution in [0.3, 0.4) is 0 Å². The van der Waals surface area contributed by atoms with Gasteiger partial charge in [0.15, 0.2) is 5.41 Å². The number of nitrogens with zero attached hydrogens (tertiary/aromatic N) is 1. The first kappa shape index (κ1) is 19.6. The van der Waals surface area contributed by atoms with Gasteiger partial charge in [0.1, 0.15) is 0 Å². The molecule has 1 fully saturated rings. The molecule has 15 heavy (non-hydrogen) atoms. The molecule has 90 valence electrons. The first-order chi connectivity index (χ1) is 5.53. The first-order valence-corrected chi connectivity index (χ1v) is 3.19. The number of nitrogens with two attached hydrogens (primary N) is 2. The second-order valence-corrected chi connectivity index (χ2v) is 2.71. The Morgan fingerprint density at radius 2 is 1.47 bits per heavy atom. The molecule has 0 unspecified atom stereocenters. The van der Waals surface area contributed by atoms with Crippen molar-refractivity contribution in [3.63, 3.8) is 0 Å². The number of rotatable bonds is 2. The standard InChI is InChI=1S/C6H7NO5.2H2N.Pt/c8-4(9)6(5(10)11)1-3(2-6)7-12;;;/h12H,1-2H2,(H,8,9)(H,10,11);2*1H2;/q;2*-1;+2. The number of carboxylic acids is 2. The normalized spacial score (nSPS) is 15.6. The van der Waals surface area contributed by atoms with Gasteiger partial charge in [0.2, 0.25) is 0 Å². The largest absolute Gasteiger partial charge is 2.00 e. The van der Waals surface area contributed by atoms with Crippen molar-refractivity contribution in [1.29, 1.82) is 0 Å². The van der Waals surface area contributed by atoms with Gasteiger partial charge < -0.3 is 27.7 Å². The van der Waals surface area contributed by atoms with E-state index in [1.165, 1.54) is 0 Å². The average Bonchev–Trinajstić information content (AvgIpc) is 1.83. The molecule has 1 saturated carbocycles. The zero-order chi connectivity index (χ0) is 9.35. The van der Waals surface area contributed by atoms with Gasteiger partial charge in [-0.1, -0.05) is 5.16 Å². The summed E-state index contributed by atoms with van der Waals surface area (Å²) in [6.07, 6.45) is -0.428. The van der Waals surface area contributed by atoms with Crippen LogP contribution in [-0.4, -0.2) is 33.1 Å². The molecule has 0 aromatic carbocycles. The van der Waals surface area contributed by atoms with E-state index in [-0.39, 0.29) is 51.9 Å². The van der Waals surface area contributed by atoms with Crippen molar-refractivity contribution in [1.82, 2.24) is 0 Å². The Morgan fingerprint density at radius 1 is 1.13 bits per heavy atom. The summed E-state index contributed by atoms with van der Waals surface area (Å²) in [5.74, 6) is -2.77. The molecule has 0 bridgehead atoms. The van der Waals surface area contributed by atoms with Crippen molar-refractivity contribution in [3.8, 4) is 0 Å². The summed E-state index contributed by atoms with van der Waals surface area (Å²) in [5, 5.41) is 28.0. The molecule has 1 rings (SSSR count). The fourth-order valence-electron chi connectivity index (χ4n) is 1.11. The van der Waals surface area contributed by atoms with Crippen molar-refractivity contribution >= 4 is 17.7 Å².